The van der Waals surface area contributed by atoms with Crippen molar-refractivity contribution in [3.05, 3.63) is 77.5 Å². The van der Waals surface area contributed by atoms with E-state index in [1.54, 1.807) is 49.4 Å². The fraction of sp³-hybridized carbons (Fsp3) is 0.333. The van der Waals surface area contributed by atoms with Crippen molar-refractivity contribution >= 4 is 22.7 Å². The van der Waals surface area contributed by atoms with Crippen molar-refractivity contribution in [3.63, 3.8) is 0 Å². The molecule has 1 fully saturated rings. The second kappa shape index (κ2) is 11.6. The highest BCUT2D eigenvalue weighted by atomic mass is 19.4. The van der Waals surface area contributed by atoms with E-state index in [4.69, 9.17) is 4.74 Å². The first kappa shape index (κ1) is 28.1. The minimum absolute atomic E-state index is 0.0362. The summed E-state index contributed by atoms with van der Waals surface area (Å²) < 4.78 is 45.7. The van der Waals surface area contributed by atoms with Crippen LogP contribution in [0.1, 0.15) is 39.1 Å². The van der Waals surface area contributed by atoms with Crippen LogP contribution in [-0.2, 0) is 0 Å². The quantitative estimate of drug-likeness (QED) is 0.320. The highest BCUT2D eigenvalue weighted by molar-refractivity contribution is 6.00. The smallest absolute Gasteiger partial charge is 0.406 e. The van der Waals surface area contributed by atoms with E-state index >= 15 is 0 Å². The van der Waals surface area contributed by atoms with Gasteiger partial charge in [-0.25, -0.2) is 4.98 Å². The van der Waals surface area contributed by atoms with Crippen LogP contribution in [0.15, 0.2) is 60.8 Å². The Morgan fingerprint density at radius 2 is 1.80 bits per heavy atom. The van der Waals surface area contributed by atoms with Gasteiger partial charge in [0.05, 0.1) is 18.3 Å². The number of alkyl halides is 3. The number of hydrogen-bond acceptors (Lipinski definition) is 5. The summed E-state index contributed by atoms with van der Waals surface area (Å²) in [5.41, 5.74) is 3.54. The number of hydrogen-bond donors (Lipinski definition) is 1. The number of likely N-dealkylation sites (tertiary alicyclic amines) is 1. The predicted octanol–water partition coefficient (Wildman–Crippen LogP) is 5.50. The maximum Gasteiger partial charge on any atom is 0.406 e. The molecule has 2 amide bonds. The zero-order valence-electron chi connectivity index (χ0n) is 22.7. The van der Waals surface area contributed by atoms with Gasteiger partial charge in [-0.15, -0.1) is 0 Å². The van der Waals surface area contributed by atoms with Gasteiger partial charge in [-0.2, -0.15) is 18.3 Å². The highest BCUT2D eigenvalue weighted by Crippen LogP contribution is 2.27. The molecular weight excluding hydrogens is 535 g/mol. The third-order valence-electron chi connectivity index (χ3n) is 7.51. The summed E-state index contributed by atoms with van der Waals surface area (Å²) in [6, 6.07) is 15.7. The minimum atomic E-state index is -4.54. The van der Waals surface area contributed by atoms with E-state index in [0.717, 1.165) is 16.2 Å². The first-order valence-corrected chi connectivity index (χ1v) is 13.3. The average Bonchev–Trinajstić information content (AvgIpc) is 3.46. The number of nitrogens with one attached hydrogen (secondary N) is 1. The van der Waals surface area contributed by atoms with Gasteiger partial charge in [0.1, 0.15) is 6.54 Å². The zero-order chi connectivity index (χ0) is 29.1. The van der Waals surface area contributed by atoms with E-state index in [9.17, 15) is 22.8 Å². The number of nitrogens with zero attached hydrogens (tertiary/aromatic N) is 4. The molecule has 41 heavy (non-hydrogen) atoms. The number of carbonyl (C=O) groups is 2. The number of methoxy groups -OCH3 is 1. The summed E-state index contributed by atoms with van der Waals surface area (Å²) in [5, 5.41) is 7.50. The summed E-state index contributed by atoms with van der Waals surface area (Å²) in [4.78, 5) is 33.5. The van der Waals surface area contributed by atoms with Crippen LogP contribution in [0, 0.1) is 12.8 Å². The molecule has 1 aliphatic heterocycles. The summed E-state index contributed by atoms with van der Waals surface area (Å²) in [5.74, 6) is -0.465. The van der Waals surface area contributed by atoms with Crippen LogP contribution in [0.5, 0.6) is 5.88 Å². The van der Waals surface area contributed by atoms with Crippen LogP contribution in [0.3, 0.4) is 0 Å². The number of aryl methyl sites for hydroxylation is 1. The Morgan fingerprint density at radius 1 is 1.07 bits per heavy atom. The molecule has 11 heteroatoms. The molecule has 5 rings (SSSR count). The van der Waals surface area contributed by atoms with Crippen LogP contribution in [0.25, 0.3) is 22.2 Å². The molecule has 1 N–H and O–H groups in total. The highest BCUT2D eigenvalue weighted by Gasteiger charge is 2.36. The largest absolute Gasteiger partial charge is 0.481 e. The number of pyridine rings is 1. The number of rotatable bonds is 7. The Bertz CT molecular complexity index is 1540. The molecule has 0 bridgehead atoms. The molecule has 0 atom stereocenters. The van der Waals surface area contributed by atoms with Crippen molar-refractivity contribution in [3.8, 4) is 17.1 Å². The van der Waals surface area contributed by atoms with E-state index in [0.29, 0.717) is 53.8 Å². The number of amides is 2. The van der Waals surface area contributed by atoms with Crippen LogP contribution in [0.2, 0.25) is 0 Å². The molecule has 2 aromatic carbocycles. The normalized spacial score (nSPS) is 14.3. The Labute approximate surface area is 235 Å². The number of H-pyrrole nitrogens is 1. The van der Waals surface area contributed by atoms with Crippen molar-refractivity contribution in [2.45, 2.75) is 25.9 Å². The van der Waals surface area contributed by atoms with E-state index in [1.165, 1.54) is 6.07 Å². The summed E-state index contributed by atoms with van der Waals surface area (Å²) in [6.07, 6.45) is -1.91. The molecular formula is C30H30F3N5O3. The molecule has 0 aliphatic carbocycles. The fourth-order valence-electron chi connectivity index (χ4n) is 5.28. The molecule has 3 heterocycles. The minimum Gasteiger partial charge on any atom is -0.481 e. The molecule has 2 aromatic heterocycles. The number of fused-ring (bicyclic) bond motifs is 1. The molecule has 1 aliphatic rings. The van der Waals surface area contributed by atoms with Gasteiger partial charge >= 0.3 is 6.18 Å². The van der Waals surface area contributed by atoms with Gasteiger partial charge in [0, 0.05) is 54.0 Å². The number of aromatic amines is 1. The molecule has 214 valence electrons. The molecule has 8 nitrogen and oxygen atoms in total. The van der Waals surface area contributed by atoms with Crippen molar-refractivity contribution in [2.75, 3.05) is 33.3 Å². The van der Waals surface area contributed by atoms with Crippen LogP contribution < -0.4 is 4.74 Å². The molecule has 0 unspecified atom stereocenters. The van der Waals surface area contributed by atoms with Crippen LogP contribution in [0.4, 0.5) is 13.2 Å². The number of ether oxygens (including phenoxy) is 1. The molecule has 0 saturated carbocycles. The van der Waals surface area contributed by atoms with Gasteiger partial charge < -0.3 is 14.5 Å². The van der Waals surface area contributed by atoms with Crippen LogP contribution in [-0.4, -0.2) is 76.3 Å². The first-order chi connectivity index (χ1) is 19.6. The van der Waals surface area contributed by atoms with Gasteiger partial charge in [0.25, 0.3) is 11.8 Å². The Hall–Kier alpha value is -4.41. The maximum atomic E-state index is 13.5. The number of halogens is 3. The SMILES string of the molecule is COc1cccc(-c2ccc(C(=O)N3CCC(CN(CC(F)(F)F)C(=O)c4ccc5n[nH]cc5c4C)CC3)cc2)n1. The second-order valence-corrected chi connectivity index (χ2v) is 10.2. The van der Waals surface area contributed by atoms with Gasteiger partial charge in [-0.1, -0.05) is 18.2 Å². The lowest BCUT2D eigenvalue weighted by Gasteiger charge is -2.35. The maximum absolute atomic E-state index is 13.5. The van der Waals surface area contributed by atoms with Gasteiger partial charge in [0.2, 0.25) is 5.88 Å². The van der Waals surface area contributed by atoms with Crippen molar-refractivity contribution in [2.24, 2.45) is 5.92 Å². The molecule has 4 aromatic rings. The van der Waals surface area contributed by atoms with Gasteiger partial charge in [-0.3, -0.25) is 14.7 Å². The Morgan fingerprint density at radius 3 is 2.49 bits per heavy atom. The number of piperidine rings is 1. The standard InChI is InChI=1S/C30H30F3N5O3/c1-19-23(10-11-26-24(19)16-34-36-26)29(40)38(18-30(31,32)33)17-20-12-14-37(15-13-20)28(39)22-8-6-21(7-9-22)25-4-3-5-27(35-25)41-2/h3-11,16,20H,12-15,17-18H2,1-2H3,(H,34,36). The lowest BCUT2D eigenvalue weighted by Crippen LogP contribution is -2.45. The second-order valence-electron chi connectivity index (χ2n) is 10.2. The van der Waals surface area contributed by atoms with Crippen molar-refractivity contribution in [1.82, 2.24) is 25.0 Å². The lowest BCUT2D eigenvalue weighted by atomic mass is 9.94. The third kappa shape index (κ3) is 6.34. The Balaban J connectivity index is 1.23. The summed E-state index contributed by atoms with van der Waals surface area (Å²) in [6.45, 7) is 1.14. The van der Waals surface area contributed by atoms with Crippen molar-refractivity contribution in [1.29, 1.82) is 0 Å². The molecule has 0 radical (unpaired) electrons. The first-order valence-electron chi connectivity index (χ1n) is 13.3. The third-order valence-corrected chi connectivity index (χ3v) is 7.51. The van der Waals surface area contributed by atoms with Gasteiger partial charge in [0.15, 0.2) is 0 Å². The topological polar surface area (TPSA) is 91.4 Å². The number of carbonyl (C=O) groups excluding carboxylic acids is 2. The number of aromatic nitrogens is 3. The Kier molecular flexibility index (Phi) is 7.96. The summed E-state index contributed by atoms with van der Waals surface area (Å²) >= 11 is 0. The lowest BCUT2D eigenvalue weighted by molar-refractivity contribution is -0.142. The van der Waals surface area contributed by atoms with E-state index in [-0.39, 0.29) is 23.9 Å². The van der Waals surface area contributed by atoms with E-state index in [1.807, 2.05) is 24.3 Å². The average molecular weight is 566 g/mol. The van der Waals surface area contributed by atoms with Gasteiger partial charge in [-0.05, 0) is 61.6 Å². The predicted molar refractivity (Wildman–Crippen MR) is 148 cm³/mol. The number of benzene rings is 2. The van der Waals surface area contributed by atoms with E-state index in [2.05, 4.69) is 15.2 Å². The zero-order valence-corrected chi connectivity index (χ0v) is 22.7. The molecule has 0 spiro atoms. The fourth-order valence-corrected chi connectivity index (χ4v) is 5.28. The monoisotopic (exact) mass is 565 g/mol. The molecule has 1 saturated heterocycles. The van der Waals surface area contributed by atoms with Crippen LogP contribution >= 0.6 is 0 Å². The van der Waals surface area contributed by atoms with E-state index < -0.39 is 18.6 Å². The summed E-state index contributed by atoms with van der Waals surface area (Å²) in [7, 11) is 1.55. The van der Waals surface area contributed by atoms with Crippen molar-refractivity contribution < 1.29 is 27.5 Å².